The van der Waals surface area contributed by atoms with E-state index in [1.165, 1.54) is 128 Å². The molecular formula is C37H70O4. The van der Waals surface area contributed by atoms with Crippen LogP contribution in [0, 0.1) is 17.3 Å². The van der Waals surface area contributed by atoms with Crippen molar-refractivity contribution in [2.75, 3.05) is 13.2 Å². The smallest absolute Gasteiger partial charge is 0.323 e. The Balaban J connectivity index is 1.88. The van der Waals surface area contributed by atoms with Crippen molar-refractivity contribution < 1.29 is 19.1 Å². The molecule has 0 unspecified atom stereocenters. The molecule has 0 heterocycles. The Hall–Kier alpha value is -1.06. The molecule has 4 nitrogen and oxygen atoms in total. The molecule has 1 rings (SSSR count). The number of carbonyl (C=O) groups is 2. The Bertz CT molecular complexity index is 572. The molecule has 1 saturated carbocycles. The first-order valence-electron chi connectivity index (χ1n) is 18.2. The summed E-state index contributed by atoms with van der Waals surface area (Å²) in [6.07, 6.45) is 32.1. The van der Waals surface area contributed by atoms with Crippen LogP contribution in [-0.4, -0.2) is 25.2 Å². The third-order valence-electron chi connectivity index (χ3n) is 8.85. The van der Waals surface area contributed by atoms with Crippen LogP contribution >= 0.6 is 0 Å². The summed E-state index contributed by atoms with van der Waals surface area (Å²) in [4.78, 5) is 25.1. The van der Waals surface area contributed by atoms with Crippen LogP contribution in [0.3, 0.4) is 0 Å². The first kappa shape index (κ1) is 38.0. The summed E-state index contributed by atoms with van der Waals surface area (Å²) in [5, 5.41) is 0. The molecule has 0 amide bonds. The van der Waals surface area contributed by atoms with Crippen molar-refractivity contribution in [1.82, 2.24) is 0 Å². The number of esters is 2. The van der Waals surface area contributed by atoms with Crippen molar-refractivity contribution >= 4 is 11.9 Å². The fraction of sp³-hybridized carbons (Fsp3) is 0.946. The topological polar surface area (TPSA) is 52.6 Å². The summed E-state index contributed by atoms with van der Waals surface area (Å²) in [7, 11) is 0. The monoisotopic (exact) mass is 579 g/mol. The molecule has 4 heteroatoms. The summed E-state index contributed by atoms with van der Waals surface area (Å²) in [5.41, 5.74) is -0.983. The zero-order valence-electron chi connectivity index (χ0n) is 28.1. The van der Waals surface area contributed by atoms with Crippen molar-refractivity contribution in [3.8, 4) is 0 Å². The Morgan fingerprint density at radius 1 is 0.439 bits per heavy atom. The Morgan fingerprint density at radius 3 is 0.927 bits per heavy atom. The second-order valence-corrected chi connectivity index (χ2v) is 14.0. The predicted molar refractivity (Wildman–Crippen MR) is 174 cm³/mol. The fourth-order valence-electron chi connectivity index (χ4n) is 5.71. The second-order valence-electron chi connectivity index (χ2n) is 14.0. The molecule has 0 saturated heterocycles. The normalized spacial score (nSPS) is 14.1. The van der Waals surface area contributed by atoms with Gasteiger partial charge in [-0.1, -0.05) is 169 Å². The molecule has 0 atom stereocenters. The van der Waals surface area contributed by atoms with Gasteiger partial charge in [-0.15, -0.1) is 0 Å². The van der Waals surface area contributed by atoms with Crippen molar-refractivity contribution in [2.24, 2.45) is 17.3 Å². The molecule has 0 aliphatic heterocycles. The van der Waals surface area contributed by atoms with Gasteiger partial charge in [0.1, 0.15) is 0 Å². The summed E-state index contributed by atoms with van der Waals surface area (Å²) in [6.45, 7) is 10.1. The third-order valence-corrected chi connectivity index (χ3v) is 8.85. The van der Waals surface area contributed by atoms with Gasteiger partial charge in [-0.05, 0) is 37.5 Å². The van der Waals surface area contributed by atoms with Crippen LogP contribution < -0.4 is 0 Å². The maximum absolute atomic E-state index is 12.5. The molecular weight excluding hydrogens is 508 g/mol. The van der Waals surface area contributed by atoms with Crippen LogP contribution in [0.2, 0.25) is 0 Å². The summed E-state index contributed by atoms with van der Waals surface area (Å²) >= 11 is 0. The van der Waals surface area contributed by atoms with Gasteiger partial charge in [-0.2, -0.15) is 0 Å². The highest BCUT2D eigenvalue weighted by molar-refractivity contribution is 6.03. The van der Waals surface area contributed by atoms with Gasteiger partial charge in [-0.25, -0.2) is 0 Å². The van der Waals surface area contributed by atoms with E-state index in [0.29, 0.717) is 26.1 Å². The van der Waals surface area contributed by atoms with E-state index in [-0.39, 0.29) is 11.9 Å². The second kappa shape index (κ2) is 25.4. The van der Waals surface area contributed by atoms with Crippen molar-refractivity contribution in [3.05, 3.63) is 0 Å². The van der Waals surface area contributed by atoms with Crippen LogP contribution in [0.1, 0.15) is 195 Å². The van der Waals surface area contributed by atoms with Gasteiger partial charge in [0.05, 0.1) is 13.2 Å². The number of carbonyl (C=O) groups excluding carboxylic acids is 2. The minimum absolute atomic E-state index is 0.351. The van der Waals surface area contributed by atoms with Crippen LogP contribution in [0.25, 0.3) is 0 Å². The van der Waals surface area contributed by atoms with Gasteiger partial charge in [0, 0.05) is 0 Å². The quantitative estimate of drug-likeness (QED) is 0.0483. The van der Waals surface area contributed by atoms with E-state index >= 15 is 0 Å². The number of hydrogen-bond donors (Lipinski definition) is 0. The van der Waals surface area contributed by atoms with Crippen LogP contribution in [0.4, 0.5) is 0 Å². The first-order chi connectivity index (χ1) is 19.9. The SMILES string of the molecule is CC(C)CCCCCCCCCCCCCOC(=O)C1(C(=O)OCCCCCCCCCCCCCC(C)C)CC1. The molecule has 0 aromatic heterocycles. The highest BCUT2D eigenvalue weighted by Crippen LogP contribution is 2.48. The maximum Gasteiger partial charge on any atom is 0.323 e. The van der Waals surface area contributed by atoms with Crippen LogP contribution in [-0.2, 0) is 19.1 Å². The molecule has 1 fully saturated rings. The molecule has 0 spiro atoms. The Kier molecular flexibility index (Phi) is 23.6. The molecule has 1 aliphatic carbocycles. The van der Waals surface area contributed by atoms with Crippen LogP contribution in [0.5, 0.6) is 0 Å². The zero-order chi connectivity index (χ0) is 30.0. The average Bonchev–Trinajstić information content (AvgIpc) is 3.75. The van der Waals surface area contributed by atoms with E-state index in [1.807, 2.05) is 0 Å². The van der Waals surface area contributed by atoms with Gasteiger partial charge >= 0.3 is 11.9 Å². The van der Waals surface area contributed by atoms with Gasteiger partial charge in [0.25, 0.3) is 0 Å². The van der Waals surface area contributed by atoms with E-state index in [9.17, 15) is 9.59 Å². The highest BCUT2D eigenvalue weighted by atomic mass is 16.6. The third kappa shape index (κ3) is 21.3. The fourth-order valence-corrected chi connectivity index (χ4v) is 5.71. The standard InChI is InChI=1S/C37H70O4/c1-33(2)27-23-19-15-11-7-5-9-13-17-21-25-31-40-35(38)37(29-30-37)36(39)41-32-26-22-18-14-10-6-8-12-16-20-24-28-34(3)4/h33-34H,5-32H2,1-4H3. The first-order valence-corrected chi connectivity index (χ1v) is 18.2. The van der Waals surface area contributed by atoms with E-state index in [2.05, 4.69) is 27.7 Å². The minimum Gasteiger partial charge on any atom is -0.465 e. The van der Waals surface area contributed by atoms with E-state index in [1.54, 1.807) is 0 Å². The number of unbranched alkanes of at least 4 members (excludes halogenated alkanes) is 20. The van der Waals surface area contributed by atoms with E-state index in [0.717, 1.165) is 37.5 Å². The molecule has 0 radical (unpaired) electrons. The van der Waals surface area contributed by atoms with E-state index in [4.69, 9.17) is 9.47 Å². The Morgan fingerprint density at radius 2 is 0.683 bits per heavy atom. The largest absolute Gasteiger partial charge is 0.465 e. The lowest BCUT2D eigenvalue weighted by Gasteiger charge is -2.14. The lowest BCUT2D eigenvalue weighted by Crippen LogP contribution is -2.30. The molecule has 0 bridgehead atoms. The predicted octanol–water partition coefficient (Wildman–Crippen LogP) is 11.5. The molecule has 0 aromatic carbocycles. The molecule has 0 N–H and O–H groups in total. The van der Waals surface area contributed by atoms with Gasteiger partial charge in [0.15, 0.2) is 5.41 Å². The van der Waals surface area contributed by atoms with E-state index < -0.39 is 5.41 Å². The average molecular weight is 579 g/mol. The van der Waals surface area contributed by atoms with Gasteiger partial charge in [0.2, 0.25) is 0 Å². The number of ether oxygens (including phenoxy) is 2. The summed E-state index contributed by atoms with van der Waals surface area (Å²) in [5.74, 6) is 0.989. The van der Waals surface area contributed by atoms with Gasteiger partial charge in [-0.3, -0.25) is 9.59 Å². The Labute approximate surface area is 255 Å². The lowest BCUT2D eigenvalue weighted by atomic mass is 10.0. The van der Waals surface area contributed by atoms with Crippen molar-refractivity contribution in [3.63, 3.8) is 0 Å². The van der Waals surface area contributed by atoms with Crippen molar-refractivity contribution in [2.45, 2.75) is 195 Å². The number of rotatable bonds is 30. The minimum atomic E-state index is -0.983. The van der Waals surface area contributed by atoms with Crippen molar-refractivity contribution in [1.29, 1.82) is 0 Å². The lowest BCUT2D eigenvalue weighted by molar-refractivity contribution is -0.164. The number of hydrogen-bond acceptors (Lipinski definition) is 4. The summed E-state index contributed by atoms with van der Waals surface area (Å²) in [6, 6.07) is 0. The summed E-state index contributed by atoms with van der Waals surface area (Å²) < 4.78 is 11.0. The maximum atomic E-state index is 12.5. The molecule has 242 valence electrons. The molecule has 41 heavy (non-hydrogen) atoms. The molecule has 1 aliphatic rings. The zero-order valence-corrected chi connectivity index (χ0v) is 28.1. The van der Waals surface area contributed by atoms with Gasteiger partial charge < -0.3 is 9.47 Å². The highest BCUT2D eigenvalue weighted by Gasteiger charge is 2.59. The molecule has 0 aromatic rings. The van der Waals surface area contributed by atoms with Crippen LogP contribution in [0.15, 0.2) is 0 Å².